The quantitative estimate of drug-likeness (QED) is 0.822. The van der Waals surface area contributed by atoms with Gasteiger partial charge in [0.25, 0.3) is 0 Å². The van der Waals surface area contributed by atoms with Gasteiger partial charge in [-0.25, -0.2) is 13.4 Å². The Hall–Kier alpha value is -1.87. The van der Waals surface area contributed by atoms with E-state index in [1.54, 1.807) is 22.8 Å². The molecule has 2 rings (SSSR count). The maximum absolute atomic E-state index is 11.6. The Bertz CT molecular complexity index is 695. The van der Waals surface area contributed by atoms with Gasteiger partial charge in [-0.3, -0.25) is 0 Å². The van der Waals surface area contributed by atoms with E-state index in [0.29, 0.717) is 12.1 Å². The average Bonchev–Trinajstić information content (AvgIpc) is 2.65. The number of aryl methyl sites for hydroxylation is 1. The molecule has 0 fully saturated rings. The molecule has 0 unspecified atom stereocenters. The monoisotopic (exact) mass is 249 g/mol. The number of hydrogen-bond acceptors (Lipinski definition) is 4. The molecule has 17 heavy (non-hydrogen) atoms. The molecule has 6 heteroatoms. The van der Waals surface area contributed by atoms with Crippen LogP contribution in [0.3, 0.4) is 0 Å². The summed E-state index contributed by atoms with van der Waals surface area (Å²) in [5.41, 5.74) is 1.37. The second kappa shape index (κ2) is 4.18. The number of rotatable bonds is 3. The first kappa shape index (κ1) is 11.6. The van der Waals surface area contributed by atoms with Crippen molar-refractivity contribution in [2.45, 2.75) is 18.1 Å². The summed E-state index contributed by atoms with van der Waals surface area (Å²) in [4.78, 5) is 4.10. The first-order valence-electron chi connectivity index (χ1n) is 5.06. The first-order valence-corrected chi connectivity index (χ1v) is 6.95. The van der Waals surface area contributed by atoms with E-state index in [2.05, 4.69) is 4.98 Å². The van der Waals surface area contributed by atoms with Crippen LogP contribution in [0.25, 0.3) is 11.0 Å². The van der Waals surface area contributed by atoms with Crippen molar-refractivity contribution >= 4 is 20.9 Å². The first-order chi connectivity index (χ1) is 8.04. The molecule has 0 aliphatic carbocycles. The van der Waals surface area contributed by atoms with Crippen LogP contribution in [0.1, 0.15) is 6.42 Å². The van der Waals surface area contributed by atoms with Gasteiger partial charge in [-0.15, -0.1) is 0 Å². The smallest absolute Gasteiger partial charge is 0.228 e. The van der Waals surface area contributed by atoms with Crippen molar-refractivity contribution in [3.63, 3.8) is 0 Å². The maximum atomic E-state index is 11.6. The standard InChI is InChI=1S/C11H11N3O2S/c1-17(15,16)11-13-9-5-2-3-6-10(9)14(11)8-4-7-12/h2-3,5-6H,4,8H2,1H3. The maximum Gasteiger partial charge on any atom is 0.228 e. The zero-order valence-electron chi connectivity index (χ0n) is 9.29. The van der Waals surface area contributed by atoms with Gasteiger partial charge < -0.3 is 4.57 Å². The summed E-state index contributed by atoms with van der Waals surface area (Å²) < 4.78 is 24.8. The fraction of sp³-hybridized carbons (Fsp3) is 0.273. The SMILES string of the molecule is CS(=O)(=O)c1nc2ccccc2n1CCC#N. The topological polar surface area (TPSA) is 75.8 Å². The van der Waals surface area contributed by atoms with E-state index >= 15 is 0 Å². The normalized spacial score (nSPS) is 11.5. The van der Waals surface area contributed by atoms with Gasteiger partial charge in [0, 0.05) is 12.8 Å². The van der Waals surface area contributed by atoms with Gasteiger partial charge in [0.15, 0.2) is 0 Å². The van der Waals surface area contributed by atoms with E-state index in [-0.39, 0.29) is 11.6 Å². The number of imidazole rings is 1. The molecule has 0 saturated heterocycles. The highest BCUT2D eigenvalue weighted by atomic mass is 32.2. The molecular formula is C11H11N3O2S. The van der Waals surface area contributed by atoms with Gasteiger partial charge >= 0.3 is 0 Å². The fourth-order valence-corrected chi connectivity index (χ4v) is 2.57. The van der Waals surface area contributed by atoms with Crippen LogP contribution in [-0.4, -0.2) is 24.2 Å². The summed E-state index contributed by atoms with van der Waals surface area (Å²) in [7, 11) is -3.38. The minimum absolute atomic E-state index is 0.0222. The van der Waals surface area contributed by atoms with Crippen molar-refractivity contribution in [1.82, 2.24) is 9.55 Å². The van der Waals surface area contributed by atoms with Gasteiger partial charge in [-0.2, -0.15) is 5.26 Å². The van der Waals surface area contributed by atoms with Crippen molar-refractivity contribution in [1.29, 1.82) is 5.26 Å². The molecule has 0 amide bonds. The Morgan fingerprint density at radius 1 is 1.41 bits per heavy atom. The number of nitrogens with zero attached hydrogens (tertiary/aromatic N) is 3. The lowest BCUT2D eigenvalue weighted by atomic mass is 10.3. The number of nitriles is 1. The summed E-state index contributed by atoms with van der Waals surface area (Å²) in [5.74, 6) is 0. The second-order valence-electron chi connectivity index (χ2n) is 3.72. The summed E-state index contributed by atoms with van der Waals surface area (Å²) in [6.07, 6.45) is 1.37. The third kappa shape index (κ3) is 2.15. The van der Waals surface area contributed by atoms with E-state index in [4.69, 9.17) is 5.26 Å². The molecule has 0 N–H and O–H groups in total. The van der Waals surface area contributed by atoms with Gasteiger partial charge in [0.1, 0.15) is 0 Å². The highest BCUT2D eigenvalue weighted by Crippen LogP contribution is 2.19. The molecule has 2 aromatic rings. The number of aromatic nitrogens is 2. The molecule has 0 spiro atoms. The molecule has 1 heterocycles. The minimum atomic E-state index is -3.38. The molecule has 0 aliphatic heterocycles. The summed E-state index contributed by atoms with van der Waals surface area (Å²) in [6, 6.07) is 9.18. The number of benzene rings is 1. The molecule has 0 radical (unpaired) electrons. The van der Waals surface area contributed by atoms with Crippen LogP contribution in [0, 0.1) is 11.3 Å². The summed E-state index contributed by atoms with van der Waals surface area (Å²) >= 11 is 0. The third-order valence-electron chi connectivity index (χ3n) is 2.40. The van der Waals surface area contributed by atoms with Gasteiger partial charge in [-0.05, 0) is 12.1 Å². The molecule has 5 nitrogen and oxygen atoms in total. The van der Waals surface area contributed by atoms with Crippen LogP contribution in [0.2, 0.25) is 0 Å². The van der Waals surface area contributed by atoms with Crippen LogP contribution in [0.15, 0.2) is 29.4 Å². The summed E-state index contributed by atoms with van der Waals surface area (Å²) in [5, 5.41) is 8.62. The molecule has 0 saturated carbocycles. The Morgan fingerprint density at radius 2 is 2.12 bits per heavy atom. The van der Waals surface area contributed by atoms with Crippen LogP contribution in [-0.2, 0) is 16.4 Å². The number of sulfone groups is 1. The Morgan fingerprint density at radius 3 is 2.76 bits per heavy atom. The zero-order chi connectivity index (χ0) is 12.5. The Balaban J connectivity index is 2.70. The van der Waals surface area contributed by atoms with Gasteiger partial charge in [-0.1, -0.05) is 12.1 Å². The highest BCUT2D eigenvalue weighted by Gasteiger charge is 2.18. The Kier molecular flexibility index (Phi) is 2.86. The van der Waals surface area contributed by atoms with Crippen LogP contribution < -0.4 is 0 Å². The predicted octanol–water partition coefficient (Wildman–Crippen LogP) is 1.35. The molecule has 0 bridgehead atoms. The minimum Gasteiger partial charge on any atom is -0.314 e. The van der Waals surface area contributed by atoms with E-state index in [0.717, 1.165) is 11.8 Å². The van der Waals surface area contributed by atoms with Gasteiger partial charge in [0.2, 0.25) is 15.0 Å². The molecule has 88 valence electrons. The van der Waals surface area contributed by atoms with E-state index in [1.165, 1.54) is 0 Å². The van der Waals surface area contributed by atoms with E-state index in [9.17, 15) is 8.42 Å². The predicted molar refractivity (Wildman–Crippen MR) is 63.1 cm³/mol. The van der Waals surface area contributed by atoms with E-state index in [1.807, 2.05) is 12.1 Å². The second-order valence-corrected chi connectivity index (χ2v) is 5.62. The van der Waals surface area contributed by atoms with Crippen LogP contribution >= 0.6 is 0 Å². The largest absolute Gasteiger partial charge is 0.314 e. The lowest BCUT2D eigenvalue weighted by Gasteiger charge is -2.04. The fourth-order valence-electron chi connectivity index (χ4n) is 1.71. The van der Waals surface area contributed by atoms with Crippen molar-refractivity contribution < 1.29 is 8.42 Å². The van der Waals surface area contributed by atoms with Crippen LogP contribution in [0.4, 0.5) is 0 Å². The van der Waals surface area contributed by atoms with E-state index < -0.39 is 9.84 Å². The Labute approximate surface area is 99.2 Å². The lowest BCUT2D eigenvalue weighted by molar-refractivity contribution is 0.573. The molecular weight excluding hydrogens is 238 g/mol. The zero-order valence-corrected chi connectivity index (χ0v) is 10.1. The average molecular weight is 249 g/mol. The van der Waals surface area contributed by atoms with Crippen molar-refractivity contribution in [2.24, 2.45) is 0 Å². The lowest BCUT2D eigenvalue weighted by Crippen LogP contribution is -2.09. The number of para-hydroxylation sites is 2. The molecule has 1 aromatic carbocycles. The molecule has 0 aliphatic rings. The summed E-state index contributed by atoms with van der Waals surface area (Å²) in [6.45, 7) is 0.333. The van der Waals surface area contributed by atoms with Crippen molar-refractivity contribution in [3.8, 4) is 6.07 Å². The number of fused-ring (bicyclic) bond motifs is 1. The molecule has 1 aromatic heterocycles. The van der Waals surface area contributed by atoms with Crippen LogP contribution in [0.5, 0.6) is 0 Å². The highest BCUT2D eigenvalue weighted by molar-refractivity contribution is 7.90. The van der Waals surface area contributed by atoms with Crippen molar-refractivity contribution in [2.75, 3.05) is 6.26 Å². The van der Waals surface area contributed by atoms with Crippen molar-refractivity contribution in [3.05, 3.63) is 24.3 Å². The number of hydrogen-bond donors (Lipinski definition) is 0. The molecule has 0 atom stereocenters. The van der Waals surface area contributed by atoms with Gasteiger partial charge in [0.05, 0.1) is 23.5 Å². The third-order valence-corrected chi connectivity index (χ3v) is 3.37.